The van der Waals surface area contributed by atoms with Crippen molar-refractivity contribution in [2.45, 2.75) is 10.6 Å². The standard InChI is InChI=1S/C5H3ClN2OS2/c6-5-7-2-1-10-11-3(2)4(9)8-5/h1H2,(H,7,8,9). The summed E-state index contributed by atoms with van der Waals surface area (Å²) in [6, 6.07) is 0. The Hall–Kier alpha value is -0.130. The number of H-pyrrole nitrogens is 1. The van der Waals surface area contributed by atoms with Crippen molar-refractivity contribution in [2.75, 3.05) is 0 Å². The van der Waals surface area contributed by atoms with Crippen LogP contribution >= 0.6 is 33.2 Å². The lowest BCUT2D eigenvalue weighted by molar-refractivity contribution is 0.981. The second-order valence-corrected chi connectivity index (χ2v) is 4.64. The number of hydrogen-bond acceptors (Lipinski definition) is 4. The van der Waals surface area contributed by atoms with Crippen molar-refractivity contribution in [3.05, 3.63) is 21.3 Å². The number of fused-ring (bicyclic) bond motifs is 1. The molecule has 0 saturated carbocycles. The molecular formula is C5H3ClN2OS2. The van der Waals surface area contributed by atoms with Crippen LogP contribution in [0.5, 0.6) is 0 Å². The van der Waals surface area contributed by atoms with Gasteiger partial charge >= 0.3 is 0 Å². The molecular weight excluding hydrogens is 204 g/mol. The molecule has 58 valence electrons. The van der Waals surface area contributed by atoms with E-state index in [0.29, 0.717) is 4.90 Å². The summed E-state index contributed by atoms with van der Waals surface area (Å²) in [7, 11) is 3.06. The lowest BCUT2D eigenvalue weighted by Crippen LogP contribution is -2.10. The predicted octanol–water partition coefficient (Wildman–Crippen LogP) is 1.68. The summed E-state index contributed by atoms with van der Waals surface area (Å²) in [5, 5.41) is 0.178. The van der Waals surface area contributed by atoms with Gasteiger partial charge in [-0.1, -0.05) is 10.8 Å². The van der Waals surface area contributed by atoms with Crippen molar-refractivity contribution in [3.63, 3.8) is 0 Å². The maximum Gasteiger partial charge on any atom is 0.266 e. The van der Waals surface area contributed by atoms with E-state index in [0.717, 1.165) is 11.4 Å². The third-order valence-corrected chi connectivity index (χ3v) is 3.74. The average molecular weight is 207 g/mol. The first-order chi connectivity index (χ1) is 5.27. The Balaban J connectivity index is 2.70. The summed E-state index contributed by atoms with van der Waals surface area (Å²) in [4.78, 5) is 18.2. The van der Waals surface area contributed by atoms with Crippen LogP contribution in [0.2, 0.25) is 5.28 Å². The Morgan fingerprint density at radius 3 is 3.27 bits per heavy atom. The molecule has 0 fully saturated rings. The molecule has 1 aliphatic rings. The molecule has 1 N–H and O–H groups in total. The highest BCUT2D eigenvalue weighted by Crippen LogP contribution is 2.40. The largest absolute Gasteiger partial charge is 0.296 e. The Kier molecular flexibility index (Phi) is 1.86. The summed E-state index contributed by atoms with van der Waals surface area (Å²) < 4.78 is 0. The van der Waals surface area contributed by atoms with Gasteiger partial charge < -0.3 is 0 Å². The van der Waals surface area contributed by atoms with Crippen molar-refractivity contribution in [3.8, 4) is 0 Å². The minimum atomic E-state index is -0.130. The molecule has 6 heteroatoms. The minimum Gasteiger partial charge on any atom is -0.296 e. The van der Waals surface area contributed by atoms with Gasteiger partial charge in [0.15, 0.2) is 0 Å². The molecule has 1 aliphatic heterocycles. The summed E-state index contributed by atoms with van der Waals surface area (Å²) in [5.74, 6) is 0.768. The van der Waals surface area contributed by atoms with E-state index in [1.54, 1.807) is 10.8 Å². The summed E-state index contributed by atoms with van der Waals surface area (Å²) in [6.07, 6.45) is 0. The number of rotatable bonds is 0. The zero-order valence-corrected chi connectivity index (χ0v) is 7.65. The second-order valence-electron chi connectivity index (χ2n) is 1.98. The maximum absolute atomic E-state index is 11.1. The van der Waals surface area contributed by atoms with Crippen LogP contribution in [0, 0.1) is 0 Å². The number of aromatic amines is 1. The zero-order valence-electron chi connectivity index (χ0n) is 5.26. The van der Waals surface area contributed by atoms with Gasteiger partial charge in [-0.05, 0) is 22.4 Å². The van der Waals surface area contributed by atoms with Crippen LogP contribution in [0.15, 0.2) is 9.69 Å². The Morgan fingerprint density at radius 2 is 2.45 bits per heavy atom. The molecule has 2 rings (SSSR count). The number of nitrogens with zero attached hydrogens (tertiary/aromatic N) is 1. The van der Waals surface area contributed by atoms with Crippen LogP contribution in [0.25, 0.3) is 0 Å². The molecule has 0 radical (unpaired) electrons. The first-order valence-corrected chi connectivity index (χ1v) is 5.55. The fraction of sp³-hybridized carbons (Fsp3) is 0.200. The lowest BCUT2D eigenvalue weighted by atomic mass is 10.4. The molecule has 0 atom stereocenters. The number of aromatic nitrogens is 2. The van der Waals surface area contributed by atoms with Gasteiger partial charge in [-0.2, -0.15) is 0 Å². The monoisotopic (exact) mass is 206 g/mol. The molecule has 3 nitrogen and oxygen atoms in total. The van der Waals surface area contributed by atoms with E-state index < -0.39 is 0 Å². The van der Waals surface area contributed by atoms with Crippen molar-refractivity contribution < 1.29 is 0 Å². The molecule has 0 bridgehead atoms. The highest BCUT2D eigenvalue weighted by atomic mass is 35.5. The van der Waals surface area contributed by atoms with Gasteiger partial charge in [0.05, 0.1) is 5.69 Å². The van der Waals surface area contributed by atoms with Crippen molar-refractivity contribution in [2.24, 2.45) is 0 Å². The van der Waals surface area contributed by atoms with Gasteiger partial charge in [0.1, 0.15) is 4.90 Å². The lowest BCUT2D eigenvalue weighted by Gasteiger charge is -1.93. The first kappa shape index (κ1) is 7.52. The van der Waals surface area contributed by atoms with Crippen LogP contribution in [0.1, 0.15) is 5.69 Å². The third kappa shape index (κ3) is 1.28. The van der Waals surface area contributed by atoms with Crippen LogP contribution < -0.4 is 5.56 Å². The van der Waals surface area contributed by atoms with Gasteiger partial charge in [0, 0.05) is 5.75 Å². The molecule has 0 aliphatic carbocycles. The molecule has 11 heavy (non-hydrogen) atoms. The minimum absolute atomic E-state index is 0.130. The quantitative estimate of drug-likeness (QED) is 0.518. The Labute approximate surface area is 75.3 Å². The van der Waals surface area contributed by atoms with Gasteiger partial charge in [-0.25, -0.2) is 4.98 Å². The maximum atomic E-state index is 11.1. The van der Waals surface area contributed by atoms with Crippen LogP contribution in [-0.2, 0) is 5.75 Å². The van der Waals surface area contributed by atoms with E-state index in [1.807, 2.05) is 0 Å². The highest BCUT2D eigenvalue weighted by molar-refractivity contribution is 8.76. The summed E-state index contributed by atoms with van der Waals surface area (Å²) >= 11 is 5.54. The van der Waals surface area contributed by atoms with E-state index in [2.05, 4.69) is 9.97 Å². The van der Waals surface area contributed by atoms with E-state index in [1.165, 1.54) is 10.8 Å². The highest BCUT2D eigenvalue weighted by Gasteiger charge is 2.17. The Bertz CT molecular complexity index is 351. The molecule has 1 aromatic rings. The van der Waals surface area contributed by atoms with E-state index >= 15 is 0 Å². The number of halogens is 1. The van der Waals surface area contributed by atoms with Crippen molar-refractivity contribution in [1.82, 2.24) is 9.97 Å². The third-order valence-electron chi connectivity index (χ3n) is 1.26. The fourth-order valence-corrected chi connectivity index (χ4v) is 3.30. The smallest absolute Gasteiger partial charge is 0.266 e. The van der Waals surface area contributed by atoms with Gasteiger partial charge in [0.25, 0.3) is 5.56 Å². The van der Waals surface area contributed by atoms with E-state index in [9.17, 15) is 4.79 Å². The molecule has 1 aromatic heterocycles. The fourth-order valence-electron chi connectivity index (χ4n) is 0.807. The van der Waals surface area contributed by atoms with Gasteiger partial charge in [-0.3, -0.25) is 9.78 Å². The molecule has 0 aromatic carbocycles. The SMILES string of the molecule is O=c1[nH]c(Cl)nc2c1SSC2. The van der Waals surface area contributed by atoms with Crippen molar-refractivity contribution >= 4 is 33.2 Å². The van der Waals surface area contributed by atoms with Crippen LogP contribution in [-0.4, -0.2) is 9.97 Å². The van der Waals surface area contributed by atoms with Crippen LogP contribution in [0.4, 0.5) is 0 Å². The number of nitrogens with one attached hydrogen (secondary N) is 1. The first-order valence-electron chi connectivity index (χ1n) is 2.85. The zero-order chi connectivity index (χ0) is 7.84. The van der Waals surface area contributed by atoms with Gasteiger partial charge in [-0.15, -0.1) is 0 Å². The number of hydrogen-bond donors (Lipinski definition) is 1. The van der Waals surface area contributed by atoms with E-state index in [4.69, 9.17) is 11.6 Å². The van der Waals surface area contributed by atoms with Crippen molar-refractivity contribution in [1.29, 1.82) is 0 Å². The normalized spacial score (nSPS) is 15.0. The van der Waals surface area contributed by atoms with Gasteiger partial charge in [0.2, 0.25) is 5.28 Å². The molecule has 0 spiro atoms. The Morgan fingerprint density at radius 1 is 1.64 bits per heavy atom. The summed E-state index contributed by atoms with van der Waals surface area (Å²) in [6.45, 7) is 0. The van der Waals surface area contributed by atoms with Crippen LogP contribution in [0.3, 0.4) is 0 Å². The molecule has 0 unspecified atom stereocenters. The molecule has 0 saturated heterocycles. The topological polar surface area (TPSA) is 45.8 Å². The predicted molar refractivity (Wildman–Crippen MR) is 47.0 cm³/mol. The molecule has 0 amide bonds. The molecule has 2 heterocycles. The van der Waals surface area contributed by atoms with E-state index in [-0.39, 0.29) is 10.8 Å². The summed E-state index contributed by atoms with van der Waals surface area (Å²) in [5.41, 5.74) is 0.670. The second kappa shape index (κ2) is 2.73. The average Bonchev–Trinajstić information content (AvgIpc) is 2.34.